The highest BCUT2D eigenvalue weighted by Gasteiger charge is 1.92. The van der Waals surface area contributed by atoms with Crippen LogP contribution in [0.15, 0.2) is 12.4 Å². The van der Waals surface area contributed by atoms with Crippen LogP contribution in [-0.2, 0) is 0 Å². The molecular formula is C10H13N3O. The van der Waals surface area contributed by atoms with E-state index in [9.17, 15) is 0 Å². The Bertz CT molecular complexity index is 323. The number of aromatic nitrogens is 2. The maximum atomic E-state index is 5.23. The first-order valence-corrected chi connectivity index (χ1v) is 4.34. The van der Waals surface area contributed by atoms with Crippen LogP contribution in [0.5, 0.6) is 5.88 Å². The van der Waals surface area contributed by atoms with Crippen LogP contribution in [0.3, 0.4) is 0 Å². The largest absolute Gasteiger partial charge is 0.463 e. The lowest BCUT2D eigenvalue weighted by molar-refractivity contribution is 0.353. The molecule has 0 radical (unpaired) electrons. The summed E-state index contributed by atoms with van der Waals surface area (Å²) in [6, 6.07) is 0. The van der Waals surface area contributed by atoms with E-state index in [0.717, 1.165) is 5.69 Å². The van der Waals surface area contributed by atoms with Gasteiger partial charge in [0.2, 0.25) is 5.88 Å². The molecule has 0 aliphatic heterocycles. The Morgan fingerprint density at radius 1 is 1.36 bits per heavy atom. The Morgan fingerprint density at radius 3 is 2.86 bits per heavy atom. The molecule has 4 nitrogen and oxygen atoms in total. The summed E-state index contributed by atoms with van der Waals surface area (Å²) in [7, 11) is 1.85. The standard InChI is InChI=1S/C10H13N3O/c1-9-7-13-10(8-12-9)14-6-4-3-5-11-2/h7-8,11H,5-6H2,1-2H3. The highest BCUT2D eigenvalue weighted by molar-refractivity contribution is 5.08. The van der Waals surface area contributed by atoms with Gasteiger partial charge in [-0.15, -0.1) is 0 Å². The van der Waals surface area contributed by atoms with E-state index in [4.69, 9.17) is 4.74 Å². The van der Waals surface area contributed by atoms with Crippen molar-refractivity contribution in [2.75, 3.05) is 20.2 Å². The maximum absolute atomic E-state index is 5.23. The van der Waals surface area contributed by atoms with E-state index in [0.29, 0.717) is 19.0 Å². The Morgan fingerprint density at radius 2 is 2.21 bits per heavy atom. The van der Waals surface area contributed by atoms with Crippen molar-refractivity contribution in [1.29, 1.82) is 0 Å². The van der Waals surface area contributed by atoms with E-state index in [1.807, 2.05) is 14.0 Å². The van der Waals surface area contributed by atoms with Crippen molar-refractivity contribution in [1.82, 2.24) is 15.3 Å². The fourth-order valence-corrected chi connectivity index (χ4v) is 0.767. The zero-order valence-electron chi connectivity index (χ0n) is 8.37. The molecule has 1 aromatic heterocycles. The van der Waals surface area contributed by atoms with E-state index in [2.05, 4.69) is 27.1 Å². The summed E-state index contributed by atoms with van der Waals surface area (Å²) in [6.45, 7) is 2.89. The number of hydrogen-bond donors (Lipinski definition) is 1. The van der Waals surface area contributed by atoms with E-state index < -0.39 is 0 Å². The molecule has 74 valence electrons. The third-order valence-electron chi connectivity index (χ3n) is 1.44. The van der Waals surface area contributed by atoms with Crippen molar-refractivity contribution in [3.8, 4) is 17.7 Å². The molecule has 14 heavy (non-hydrogen) atoms. The first kappa shape index (κ1) is 10.5. The second-order valence-corrected chi connectivity index (χ2v) is 2.67. The molecule has 0 aromatic carbocycles. The molecule has 0 amide bonds. The van der Waals surface area contributed by atoms with Crippen molar-refractivity contribution in [3.05, 3.63) is 18.1 Å². The second-order valence-electron chi connectivity index (χ2n) is 2.67. The van der Waals surface area contributed by atoms with Gasteiger partial charge < -0.3 is 10.1 Å². The van der Waals surface area contributed by atoms with E-state index in [-0.39, 0.29) is 0 Å². The topological polar surface area (TPSA) is 47.0 Å². The predicted molar refractivity (Wildman–Crippen MR) is 54.0 cm³/mol. The Hall–Kier alpha value is -1.60. The number of nitrogens with zero attached hydrogens (tertiary/aromatic N) is 2. The number of hydrogen-bond acceptors (Lipinski definition) is 4. The van der Waals surface area contributed by atoms with Crippen LogP contribution < -0.4 is 10.1 Å². The van der Waals surface area contributed by atoms with Crippen LogP contribution >= 0.6 is 0 Å². The van der Waals surface area contributed by atoms with E-state index in [1.54, 1.807) is 12.4 Å². The van der Waals surface area contributed by atoms with Gasteiger partial charge >= 0.3 is 0 Å². The summed E-state index contributed by atoms with van der Waals surface area (Å²) < 4.78 is 5.23. The normalized spacial score (nSPS) is 9.00. The van der Waals surface area contributed by atoms with Gasteiger partial charge in [0.1, 0.15) is 0 Å². The fraction of sp³-hybridized carbons (Fsp3) is 0.400. The number of ether oxygens (including phenoxy) is 1. The predicted octanol–water partition coefficient (Wildman–Crippen LogP) is 0.387. The van der Waals surface area contributed by atoms with E-state index >= 15 is 0 Å². The molecular weight excluding hydrogens is 178 g/mol. The lowest BCUT2D eigenvalue weighted by Gasteiger charge is -1.99. The summed E-state index contributed by atoms with van der Waals surface area (Å²) in [4.78, 5) is 8.07. The first-order valence-electron chi connectivity index (χ1n) is 4.34. The lowest BCUT2D eigenvalue weighted by atomic mass is 10.5. The van der Waals surface area contributed by atoms with Crippen molar-refractivity contribution in [2.45, 2.75) is 6.92 Å². The van der Waals surface area contributed by atoms with Crippen molar-refractivity contribution in [3.63, 3.8) is 0 Å². The molecule has 1 aromatic rings. The zero-order chi connectivity index (χ0) is 10.2. The maximum Gasteiger partial charge on any atom is 0.233 e. The highest BCUT2D eigenvalue weighted by Crippen LogP contribution is 2.01. The molecule has 1 N–H and O–H groups in total. The van der Waals surface area contributed by atoms with Gasteiger partial charge in [-0.3, -0.25) is 4.98 Å². The summed E-state index contributed by atoms with van der Waals surface area (Å²) >= 11 is 0. The third kappa shape index (κ3) is 3.87. The van der Waals surface area contributed by atoms with Crippen LogP contribution in [0.25, 0.3) is 0 Å². The van der Waals surface area contributed by atoms with Crippen LogP contribution in [0.1, 0.15) is 5.69 Å². The van der Waals surface area contributed by atoms with Gasteiger partial charge in [-0.25, -0.2) is 4.98 Å². The second kappa shape index (κ2) is 5.95. The molecule has 0 bridgehead atoms. The molecule has 4 heteroatoms. The SMILES string of the molecule is CNCC#CCOc1cnc(C)cn1. The minimum absolute atomic E-state index is 0.347. The third-order valence-corrected chi connectivity index (χ3v) is 1.44. The molecule has 0 saturated carbocycles. The van der Waals surface area contributed by atoms with Gasteiger partial charge in [0.05, 0.1) is 24.6 Å². The van der Waals surface area contributed by atoms with Crippen molar-refractivity contribution >= 4 is 0 Å². The molecule has 0 atom stereocenters. The monoisotopic (exact) mass is 191 g/mol. The van der Waals surface area contributed by atoms with Crippen LogP contribution in [0.2, 0.25) is 0 Å². The van der Waals surface area contributed by atoms with Gasteiger partial charge in [-0.1, -0.05) is 11.8 Å². The van der Waals surface area contributed by atoms with Gasteiger partial charge in [0.15, 0.2) is 6.61 Å². The Labute approximate surface area is 83.7 Å². The van der Waals surface area contributed by atoms with Gasteiger partial charge in [0.25, 0.3) is 0 Å². The smallest absolute Gasteiger partial charge is 0.233 e. The number of rotatable bonds is 3. The highest BCUT2D eigenvalue weighted by atomic mass is 16.5. The molecule has 1 heterocycles. The zero-order valence-corrected chi connectivity index (χ0v) is 8.37. The average Bonchev–Trinajstić information content (AvgIpc) is 2.21. The average molecular weight is 191 g/mol. The summed E-state index contributed by atoms with van der Waals surface area (Å²) in [5.41, 5.74) is 0.874. The molecule has 0 aliphatic carbocycles. The van der Waals surface area contributed by atoms with Crippen molar-refractivity contribution in [2.24, 2.45) is 0 Å². The molecule has 0 spiro atoms. The molecule has 0 aliphatic rings. The van der Waals surface area contributed by atoms with Crippen LogP contribution in [0, 0.1) is 18.8 Å². The van der Waals surface area contributed by atoms with Gasteiger partial charge in [-0.05, 0) is 14.0 Å². The first-order chi connectivity index (χ1) is 6.83. The Kier molecular flexibility index (Phi) is 4.45. The molecule has 0 saturated heterocycles. The minimum atomic E-state index is 0.347. The summed E-state index contributed by atoms with van der Waals surface area (Å²) in [5.74, 6) is 6.24. The number of nitrogens with one attached hydrogen (secondary N) is 1. The molecule has 0 unspecified atom stereocenters. The summed E-state index contributed by atoms with van der Waals surface area (Å²) in [6.07, 6.45) is 3.26. The number of aryl methyl sites for hydroxylation is 1. The lowest BCUT2D eigenvalue weighted by Crippen LogP contribution is -2.05. The molecule has 0 fully saturated rings. The Balaban J connectivity index is 2.32. The van der Waals surface area contributed by atoms with Gasteiger partial charge in [-0.2, -0.15) is 0 Å². The summed E-state index contributed by atoms with van der Waals surface area (Å²) in [5, 5.41) is 2.92. The van der Waals surface area contributed by atoms with E-state index in [1.165, 1.54) is 0 Å². The van der Waals surface area contributed by atoms with Gasteiger partial charge in [0, 0.05) is 0 Å². The van der Waals surface area contributed by atoms with Crippen LogP contribution in [0.4, 0.5) is 0 Å². The minimum Gasteiger partial charge on any atom is -0.463 e. The molecule has 1 rings (SSSR count). The quantitative estimate of drug-likeness (QED) is 0.702. The fourth-order valence-electron chi connectivity index (χ4n) is 0.767. The van der Waals surface area contributed by atoms with Crippen LogP contribution in [-0.4, -0.2) is 30.2 Å². The van der Waals surface area contributed by atoms with Crippen molar-refractivity contribution < 1.29 is 4.74 Å².